The van der Waals surface area contributed by atoms with Gasteiger partial charge in [0.1, 0.15) is 41.0 Å². The monoisotopic (exact) mass is 872 g/mol. The molecule has 0 radical (unpaired) electrons. The molecule has 16 heteroatoms. The molecule has 2 aromatic heterocycles. The van der Waals surface area contributed by atoms with Gasteiger partial charge in [0, 0.05) is 18.5 Å². The van der Waals surface area contributed by atoms with Gasteiger partial charge in [-0.05, 0) is 59.4 Å². The Bertz CT molecular complexity index is 2580. The average Bonchev–Trinajstić information content (AvgIpc) is 4.16. The molecule has 10 rings (SSSR count). The molecule has 4 aliphatic heterocycles. The maximum Gasteiger partial charge on any atom is 0.280 e. The molecule has 7 atom stereocenters. The number of carbonyl (C=O) groups excluding carboxylic acids is 1. The number of ether oxygens (including phenoxy) is 5. The predicted molar refractivity (Wildman–Crippen MR) is 234 cm³/mol. The molecule has 0 spiro atoms. The van der Waals surface area contributed by atoms with E-state index < -0.39 is 43.7 Å². The number of anilines is 1. The van der Waals surface area contributed by atoms with Gasteiger partial charge in [0.25, 0.3) is 14.1 Å². The summed E-state index contributed by atoms with van der Waals surface area (Å²) in [5.74, 6) is 0.777. The fraction of sp³-hybridized carbons (Fsp3) is 0.362. The van der Waals surface area contributed by atoms with Gasteiger partial charge in [-0.15, -0.1) is 0 Å². The second-order valence-corrected chi connectivity index (χ2v) is 18.0. The van der Waals surface area contributed by atoms with E-state index in [0.717, 1.165) is 41.6 Å². The van der Waals surface area contributed by atoms with Crippen LogP contribution in [0.25, 0.3) is 11.2 Å². The summed E-state index contributed by atoms with van der Waals surface area (Å²) in [6.45, 7) is 4.50. The van der Waals surface area contributed by atoms with E-state index in [-0.39, 0.29) is 54.3 Å². The highest BCUT2D eigenvalue weighted by molar-refractivity contribution is 7.45. The molecular weight excluding hydrogens is 824 g/mol. The number of aromatic nitrogens is 4. The SMILES string of the molecule is COc1ccc(C(OC[C@]23CO[C@@H](C2O[P@]2O[C@H](c4ccccc4)[C@@H]4CCCN42)[C@H](n2cnc4c(=O)[nH]c(NC(=O)C(C)C)nc42)O3)(c2ccccc2)c2ccc(OC)cc2)cc1. The van der Waals surface area contributed by atoms with E-state index in [0.29, 0.717) is 11.5 Å². The zero-order valence-electron chi connectivity index (χ0n) is 35.4. The number of hydrogen-bond donors (Lipinski definition) is 2. The third-order valence-corrected chi connectivity index (χ3v) is 14.2. The number of nitrogens with zero attached hydrogens (tertiary/aromatic N) is 4. The summed E-state index contributed by atoms with van der Waals surface area (Å²) in [5.41, 5.74) is 1.12. The molecule has 15 nitrogen and oxygen atoms in total. The van der Waals surface area contributed by atoms with Crippen molar-refractivity contribution >= 4 is 31.5 Å². The fourth-order valence-corrected chi connectivity index (χ4v) is 11.3. The minimum absolute atomic E-state index is 0.00265. The first-order valence-electron chi connectivity index (χ1n) is 21.2. The molecule has 6 aromatic rings. The number of H-pyrrole nitrogens is 1. The lowest BCUT2D eigenvalue weighted by Gasteiger charge is -2.40. The lowest BCUT2D eigenvalue weighted by Crippen LogP contribution is -2.49. The van der Waals surface area contributed by atoms with E-state index in [9.17, 15) is 9.59 Å². The quantitative estimate of drug-likeness (QED) is 0.0835. The molecule has 4 saturated heterocycles. The van der Waals surface area contributed by atoms with Gasteiger partial charge in [0.15, 0.2) is 17.4 Å². The van der Waals surface area contributed by atoms with Crippen molar-refractivity contribution in [2.24, 2.45) is 5.92 Å². The topological polar surface area (TPSA) is 161 Å². The number of imidazole rings is 1. The number of fused-ring (bicyclic) bond motifs is 4. The molecule has 0 saturated carbocycles. The van der Waals surface area contributed by atoms with Crippen LogP contribution in [-0.4, -0.2) is 87.9 Å². The Labute approximate surface area is 365 Å². The zero-order chi connectivity index (χ0) is 43.3. The molecule has 1 amide bonds. The van der Waals surface area contributed by atoms with Gasteiger partial charge in [0.05, 0.1) is 33.8 Å². The van der Waals surface area contributed by atoms with Crippen molar-refractivity contribution in [1.82, 2.24) is 24.2 Å². The summed E-state index contributed by atoms with van der Waals surface area (Å²) in [4.78, 5) is 37.9. The van der Waals surface area contributed by atoms with Crippen LogP contribution in [-0.2, 0) is 33.7 Å². The number of methoxy groups -OCH3 is 2. The molecule has 326 valence electrons. The zero-order valence-corrected chi connectivity index (χ0v) is 36.3. The Morgan fingerprint density at radius 2 is 1.59 bits per heavy atom. The van der Waals surface area contributed by atoms with Crippen molar-refractivity contribution < 1.29 is 37.5 Å². The highest BCUT2D eigenvalue weighted by atomic mass is 31.2. The molecular formula is C47H49N6O9P. The minimum Gasteiger partial charge on any atom is -0.497 e. The Morgan fingerprint density at radius 3 is 2.24 bits per heavy atom. The van der Waals surface area contributed by atoms with Crippen molar-refractivity contribution in [1.29, 1.82) is 0 Å². The van der Waals surface area contributed by atoms with E-state index in [1.807, 2.05) is 84.9 Å². The van der Waals surface area contributed by atoms with Gasteiger partial charge in [-0.2, -0.15) is 4.98 Å². The smallest absolute Gasteiger partial charge is 0.280 e. The summed E-state index contributed by atoms with van der Waals surface area (Å²) >= 11 is 0. The maximum atomic E-state index is 13.4. The van der Waals surface area contributed by atoms with Crippen LogP contribution in [0.4, 0.5) is 5.95 Å². The van der Waals surface area contributed by atoms with E-state index in [2.05, 4.69) is 49.2 Å². The van der Waals surface area contributed by atoms with Gasteiger partial charge in [-0.25, -0.2) is 9.65 Å². The second kappa shape index (κ2) is 16.9. The van der Waals surface area contributed by atoms with Crippen LogP contribution in [0, 0.1) is 5.92 Å². The Morgan fingerprint density at radius 1 is 0.937 bits per heavy atom. The molecule has 63 heavy (non-hydrogen) atoms. The third-order valence-electron chi connectivity index (χ3n) is 12.5. The first kappa shape index (κ1) is 41.5. The summed E-state index contributed by atoms with van der Waals surface area (Å²) in [7, 11) is 1.71. The summed E-state index contributed by atoms with van der Waals surface area (Å²) in [6.07, 6.45) is 1.11. The van der Waals surface area contributed by atoms with E-state index in [1.54, 1.807) is 32.6 Å². The first-order valence-corrected chi connectivity index (χ1v) is 22.4. The van der Waals surface area contributed by atoms with Crippen molar-refractivity contribution in [2.45, 2.75) is 68.5 Å². The lowest BCUT2D eigenvalue weighted by atomic mass is 9.79. The highest BCUT2D eigenvalue weighted by Crippen LogP contribution is 2.63. The third kappa shape index (κ3) is 7.31. The van der Waals surface area contributed by atoms with Crippen LogP contribution in [0.15, 0.2) is 120 Å². The Kier molecular flexibility index (Phi) is 11.1. The number of aromatic amines is 1. The largest absolute Gasteiger partial charge is 0.497 e. The maximum absolute atomic E-state index is 13.4. The number of rotatable bonds is 14. The molecule has 1 unspecified atom stereocenters. The highest BCUT2D eigenvalue weighted by Gasteiger charge is 2.66. The van der Waals surface area contributed by atoms with E-state index >= 15 is 0 Å². The molecule has 4 aliphatic rings. The normalized spacial score (nSPS) is 25.5. The number of amides is 1. The van der Waals surface area contributed by atoms with Crippen LogP contribution in [0.3, 0.4) is 0 Å². The van der Waals surface area contributed by atoms with Crippen molar-refractivity contribution in [3.8, 4) is 11.5 Å². The van der Waals surface area contributed by atoms with E-state index in [1.165, 1.54) is 6.33 Å². The number of carbonyl (C=O) groups is 1. The van der Waals surface area contributed by atoms with Crippen molar-refractivity contribution in [3.63, 3.8) is 0 Å². The molecule has 4 fully saturated rings. The summed E-state index contributed by atoms with van der Waals surface area (Å²) in [6, 6.07) is 36.3. The standard InChI is InChI=1S/C47H49N6O9P/c1-29(2)42(54)50-45-49-41-37(43(55)51-45)48-28-52(41)44-39-40(62-63-53-25-11-16-36(53)38(61-63)30-12-7-5-8-13-30)46(60-44,26-58-39)27-59-47(31-14-9-6-10-15-31,32-17-21-34(56-3)22-18-32)33-19-23-35(57-4)24-20-33/h5-10,12-15,17-24,28-29,36,38-40,44H,11,16,25-27H2,1-4H3,(H2,49,50,51,54,55)/t36-,38+,39-,40?,44+,46+,63-/m0/s1. The molecule has 4 aromatic carbocycles. The van der Waals surface area contributed by atoms with Crippen molar-refractivity contribution in [3.05, 3.63) is 148 Å². The fourth-order valence-electron chi connectivity index (χ4n) is 9.24. The predicted octanol–water partition coefficient (Wildman–Crippen LogP) is 7.25. The van der Waals surface area contributed by atoms with Gasteiger partial charge in [-0.1, -0.05) is 98.8 Å². The summed E-state index contributed by atoms with van der Waals surface area (Å²) in [5, 5.41) is 2.72. The van der Waals surface area contributed by atoms with Crippen LogP contribution in [0.2, 0.25) is 0 Å². The number of hydrogen-bond acceptors (Lipinski definition) is 12. The van der Waals surface area contributed by atoms with Gasteiger partial charge < -0.3 is 32.7 Å². The minimum atomic E-state index is -1.58. The molecule has 6 heterocycles. The van der Waals surface area contributed by atoms with Crippen LogP contribution < -0.4 is 20.3 Å². The van der Waals surface area contributed by atoms with Gasteiger partial charge >= 0.3 is 0 Å². The van der Waals surface area contributed by atoms with Crippen molar-refractivity contribution in [2.75, 3.05) is 39.3 Å². The Hall–Kier alpha value is -5.51. The van der Waals surface area contributed by atoms with Gasteiger partial charge in [-0.3, -0.25) is 24.5 Å². The van der Waals surface area contributed by atoms with Crippen LogP contribution in [0.1, 0.15) is 61.3 Å². The molecule has 0 aliphatic carbocycles. The van der Waals surface area contributed by atoms with E-state index in [4.69, 9.17) is 32.7 Å². The van der Waals surface area contributed by atoms with Crippen LogP contribution >= 0.6 is 8.53 Å². The average molecular weight is 873 g/mol. The Balaban J connectivity index is 1.07. The molecule has 2 N–H and O–H groups in total. The first-order chi connectivity index (χ1) is 30.7. The summed E-state index contributed by atoms with van der Waals surface area (Å²) < 4.78 is 50.9. The van der Waals surface area contributed by atoms with Gasteiger partial charge in [0.2, 0.25) is 11.9 Å². The number of benzene rings is 4. The number of nitrogens with one attached hydrogen (secondary N) is 2. The van der Waals surface area contributed by atoms with Crippen LogP contribution in [0.5, 0.6) is 11.5 Å². The second-order valence-electron chi connectivity index (χ2n) is 16.6. The molecule has 2 bridgehead atoms. The lowest BCUT2D eigenvalue weighted by molar-refractivity contribution is -0.201.